The highest BCUT2D eigenvalue weighted by Crippen LogP contribution is 2.28. The third-order valence-electron chi connectivity index (χ3n) is 2.45. The van der Waals surface area contributed by atoms with Crippen molar-refractivity contribution in [3.05, 3.63) is 35.2 Å². The first-order valence-corrected chi connectivity index (χ1v) is 5.76. The number of carboxylic acids is 1. The molecule has 1 heterocycles. The Bertz CT molecular complexity index is 568. The summed E-state index contributed by atoms with van der Waals surface area (Å²) in [4.78, 5) is 10.6. The molecular formula is C12H11ClN2O3. The normalized spacial score (nSPS) is 12.3. The average Bonchev–Trinajstić information content (AvgIpc) is 2.78. The van der Waals surface area contributed by atoms with Crippen LogP contribution in [-0.2, 0) is 4.79 Å². The summed E-state index contributed by atoms with van der Waals surface area (Å²) in [6.07, 6.45) is -0.0514. The maximum Gasteiger partial charge on any atom is 0.304 e. The molecule has 0 saturated carbocycles. The Morgan fingerprint density at radius 3 is 2.83 bits per heavy atom. The molecule has 1 unspecified atom stereocenters. The summed E-state index contributed by atoms with van der Waals surface area (Å²) in [6, 6.07) is 7.10. The van der Waals surface area contributed by atoms with E-state index in [-0.39, 0.29) is 12.3 Å². The van der Waals surface area contributed by atoms with Gasteiger partial charge in [0.05, 0.1) is 17.0 Å². The smallest absolute Gasteiger partial charge is 0.304 e. The number of carboxylic acid groups (broad SMARTS) is 1. The van der Waals surface area contributed by atoms with Crippen LogP contribution in [-0.4, -0.2) is 21.3 Å². The second kappa shape index (κ2) is 5.18. The number of aromatic nitrogens is 2. The van der Waals surface area contributed by atoms with E-state index in [1.165, 1.54) is 0 Å². The quantitative estimate of drug-likeness (QED) is 0.921. The summed E-state index contributed by atoms with van der Waals surface area (Å²) >= 11 is 6.01. The number of nitrogens with zero attached hydrogens (tertiary/aromatic N) is 2. The van der Waals surface area contributed by atoms with Crippen molar-refractivity contribution in [1.82, 2.24) is 10.2 Å². The molecule has 5 nitrogen and oxygen atoms in total. The molecule has 18 heavy (non-hydrogen) atoms. The van der Waals surface area contributed by atoms with Crippen molar-refractivity contribution in [2.45, 2.75) is 19.3 Å². The van der Waals surface area contributed by atoms with Crippen molar-refractivity contribution in [3.8, 4) is 11.5 Å². The van der Waals surface area contributed by atoms with E-state index in [2.05, 4.69) is 10.2 Å². The van der Waals surface area contributed by atoms with Gasteiger partial charge in [-0.2, -0.15) is 0 Å². The molecule has 1 aromatic carbocycles. The minimum absolute atomic E-state index is 0.0514. The first-order chi connectivity index (χ1) is 8.58. The molecule has 0 aliphatic heterocycles. The fraction of sp³-hybridized carbons (Fsp3) is 0.250. The van der Waals surface area contributed by atoms with E-state index >= 15 is 0 Å². The molecular weight excluding hydrogens is 256 g/mol. The van der Waals surface area contributed by atoms with Crippen molar-refractivity contribution < 1.29 is 14.3 Å². The number of halogens is 1. The lowest BCUT2D eigenvalue weighted by atomic mass is 10.1. The van der Waals surface area contributed by atoms with Crippen LogP contribution in [0.2, 0.25) is 5.02 Å². The van der Waals surface area contributed by atoms with Crippen LogP contribution in [0.4, 0.5) is 0 Å². The zero-order chi connectivity index (χ0) is 13.1. The van der Waals surface area contributed by atoms with E-state index in [9.17, 15) is 4.79 Å². The minimum Gasteiger partial charge on any atom is -0.481 e. The Balaban J connectivity index is 2.26. The Morgan fingerprint density at radius 2 is 2.17 bits per heavy atom. The number of benzene rings is 1. The molecule has 1 aromatic heterocycles. The topological polar surface area (TPSA) is 76.2 Å². The number of carbonyl (C=O) groups is 1. The molecule has 1 atom stereocenters. The predicted molar refractivity (Wildman–Crippen MR) is 65.4 cm³/mol. The van der Waals surface area contributed by atoms with E-state index in [0.29, 0.717) is 22.4 Å². The van der Waals surface area contributed by atoms with E-state index < -0.39 is 5.97 Å². The molecule has 6 heteroatoms. The first kappa shape index (κ1) is 12.6. The van der Waals surface area contributed by atoms with Gasteiger partial charge in [0.2, 0.25) is 11.8 Å². The number of hydrogen-bond acceptors (Lipinski definition) is 4. The van der Waals surface area contributed by atoms with E-state index in [4.69, 9.17) is 21.1 Å². The summed E-state index contributed by atoms with van der Waals surface area (Å²) in [5.74, 6) is -0.633. The van der Waals surface area contributed by atoms with Crippen LogP contribution in [0.1, 0.15) is 25.2 Å². The van der Waals surface area contributed by atoms with Gasteiger partial charge < -0.3 is 9.52 Å². The Kier molecular flexibility index (Phi) is 3.62. The zero-order valence-corrected chi connectivity index (χ0v) is 10.4. The Hall–Kier alpha value is -1.88. The molecule has 94 valence electrons. The fourth-order valence-corrected chi connectivity index (χ4v) is 1.74. The molecule has 0 aliphatic rings. The maximum atomic E-state index is 10.6. The summed E-state index contributed by atoms with van der Waals surface area (Å²) in [5, 5.41) is 16.9. The standard InChI is InChI=1S/C12H11ClN2O3/c1-7(6-10(16)17)11-14-15-12(18-11)8-4-2-3-5-9(8)13/h2-5,7H,6H2,1H3,(H,16,17). The third-order valence-corrected chi connectivity index (χ3v) is 2.78. The SMILES string of the molecule is CC(CC(=O)O)c1nnc(-c2ccccc2Cl)o1. The van der Waals surface area contributed by atoms with Crippen LogP contribution in [0.3, 0.4) is 0 Å². The third kappa shape index (κ3) is 2.68. The lowest BCUT2D eigenvalue weighted by Crippen LogP contribution is -2.02. The maximum absolute atomic E-state index is 10.6. The van der Waals surface area contributed by atoms with Crippen molar-refractivity contribution >= 4 is 17.6 Å². The van der Waals surface area contributed by atoms with Gasteiger partial charge in [-0.3, -0.25) is 4.79 Å². The van der Waals surface area contributed by atoms with Crippen LogP contribution in [0.25, 0.3) is 11.5 Å². The van der Waals surface area contributed by atoms with E-state index in [1.807, 2.05) is 6.07 Å². The highest BCUT2D eigenvalue weighted by Gasteiger charge is 2.18. The van der Waals surface area contributed by atoms with Crippen LogP contribution in [0.15, 0.2) is 28.7 Å². The lowest BCUT2D eigenvalue weighted by molar-refractivity contribution is -0.137. The molecule has 2 aromatic rings. The summed E-state index contributed by atoms with van der Waals surface area (Å²) in [6.45, 7) is 1.72. The number of aliphatic carboxylic acids is 1. The molecule has 0 saturated heterocycles. The molecule has 0 radical (unpaired) electrons. The second-order valence-electron chi connectivity index (χ2n) is 3.92. The molecule has 0 bridgehead atoms. The average molecular weight is 267 g/mol. The first-order valence-electron chi connectivity index (χ1n) is 5.38. The Morgan fingerprint density at radius 1 is 1.44 bits per heavy atom. The van der Waals surface area contributed by atoms with Crippen LogP contribution in [0, 0.1) is 0 Å². The minimum atomic E-state index is -0.903. The predicted octanol–water partition coefficient (Wildman–Crippen LogP) is 2.97. The summed E-state index contributed by atoms with van der Waals surface area (Å²) in [7, 11) is 0. The zero-order valence-electron chi connectivity index (χ0n) is 9.63. The van der Waals surface area contributed by atoms with E-state index in [1.54, 1.807) is 25.1 Å². The van der Waals surface area contributed by atoms with Crippen molar-refractivity contribution in [2.24, 2.45) is 0 Å². The molecule has 2 rings (SSSR count). The molecule has 0 spiro atoms. The van der Waals surface area contributed by atoms with Gasteiger partial charge in [0.15, 0.2) is 0 Å². The van der Waals surface area contributed by atoms with Crippen molar-refractivity contribution in [1.29, 1.82) is 0 Å². The van der Waals surface area contributed by atoms with E-state index in [0.717, 1.165) is 0 Å². The van der Waals surface area contributed by atoms with Gasteiger partial charge in [0.25, 0.3) is 0 Å². The number of hydrogen-bond donors (Lipinski definition) is 1. The molecule has 0 fully saturated rings. The highest BCUT2D eigenvalue weighted by molar-refractivity contribution is 6.33. The lowest BCUT2D eigenvalue weighted by Gasteiger charge is -2.01. The fourth-order valence-electron chi connectivity index (χ4n) is 1.53. The number of rotatable bonds is 4. The van der Waals surface area contributed by atoms with Gasteiger partial charge >= 0.3 is 5.97 Å². The van der Waals surface area contributed by atoms with Gasteiger partial charge in [-0.15, -0.1) is 10.2 Å². The van der Waals surface area contributed by atoms with Crippen molar-refractivity contribution in [3.63, 3.8) is 0 Å². The van der Waals surface area contributed by atoms with Gasteiger partial charge in [-0.25, -0.2) is 0 Å². The highest BCUT2D eigenvalue weighted by atomic mass is 35.5. The van der Waals surface area contributed by atoms with Gasteiger partial charge in [-0.05, 0) is 12.1 Å². The molecule has 0 aliphatic carbocycles. The second-order valence-corrected chi connectivity index (χ2v) is 4.33. The summed E-state index contributed by atoms with van der Waals surface area (Å²) in [5.41, 5.74) is 0.639. The monoisotopic (exact) mass is 266 g/mol. The van der Waals surface area contributed by atoms with Crippen LogP contribution < -0.4 is 0 Å². The van der Waals surface area contributed by atoms with Crippen LogP contribution >= 0.6 is 11.6 Å². The largest absolute Gasteiger partial charge is 0.481 e. The van der Waals surface area contributed by atoms with Gasteiger partial charge in [0.1, 0.15) is 0 Å². The molecule has 0 amide bonds. The van der Waals surface area contributed by atoms with Gasteiger partial charge in [0, 0.05) is 5.92 Å². The van der Waals surface area contributed by atoms with Gasteiger partial charge in [-0.1, -0.05) is 30.7 Å². The summed E-state index contributed by atoms with van der Waals surface area (Å²) < 4.78 is 5.44. The molecule has 1 N–H and O–H groups in total. The van der Waals surface area contributed by atoms with Crippen LogP contribution in [0.5, 0.6) is 0 Å². The van der Waals surface area contributed by atoms with Crippen molar-refractivity contribution in [2.75, 3.05) is 0 Å². The Labute approximate surface area is 108 Å².